The lowest BCUT2D eigenvalue weighted by Gasteiger charge is -2.14. The molecule has 0 spiro atoms. The van der Waals surface area contributed by atoms with Crippen LogP contribution in [0.5, 0.6) is 0 Å². The molecule has 5 heteroatoms. The van der Waals surface area contributed by atoms with Crippen LogP contribution in [-0.4, -0.2) is 6.54 Å². The first-order chi connectivity index (χ1) is 8.95. The van der Waals surface area contributed by atoms with Gasteiger partial charge in [-0.2, -0.15) is 13.2 Å². The smallest absolute Gasteiger partial charge is 0.385 e. The molecule has 0 aromatic heterocycles. The Bertz CT molecular complexity index is 391. The summed E-state index contributed by atoms with van der Waals surface area (Å²) >= 11 is 5.61. The van der Waals surface area contributed by atoms with Crippen molar-refractivity contribution in [2.24, 2.45) is 0 Å². The molecule has 0 fully saturated rings. The molecule has 0 saturated carbocycles. The minimum atomic E-state index is -4.38. The monoisotopic (exact) mass is 293 g/mol. The van der Waals surface area contributed by atoms with Gasteiger partial charge in [0, 0.05) is 17.3 Å². The van der Waals surface area contributed by atoms with Gasteiger partial charge in [-0.05, 0) is 24.6 Å². The summed E-state index contributed by atoms with van der Waals surface area (Å²) in [6, 6.07) is 3.81. The first-order valence-electron chi connectivity index (χ1n) is 6.55. The number of anilines is 1. The molecule has 1 nitrogen and oxygen atoms in total. The third-order valence-electron chi connectivity index (χ3n) is 2.88. The fourth-order valence-corrected chi connectivity index (χ4v) is 2.03. The van der Waals surface area contributed by atoms with E-state index in [9.17, 15) is 13.2 Å². The Hall–Kier alpha value is -0.900. The number of halogens is 4. The predicted molar refractivity (Wildman–Crippen MR) is 73.7 cm³/mol. The van der Waals surface area contributed by atoms with Crippen molar-refractivity contribution < 1.29 is 13.2 Å². The van der Waals surface area contributed by atoms with Crippen LogP contribution in [0.15, 0.2) is 18.2 Å². The summed E-state index contributed by atoms with van der Waals surface area (Å²) < 4.78 is 38.4. The van der Waals surface area contributed by atoms with Crippen LogP contribution in [0, 0.1) is 0 Å². The van der Waals surface area contributed by atoms with Gasteiger partial charge >= 0.3 is 6.18 Å². The Morgan fingerprint density at radius 3 is 2.42 bits per heavy atom. The predicted octanol–water partition coefficient (Wildman–Crippen LogP) is 5.74. The molecule has 0 aliphatic rings. The average Bonchev–Trinajstić information content (AvgIpc) is 2.34. The normalized spacial score (nSPS) is 11.6. The molecule has 0 unspecified atom stereocenters. The summed E-state index contributed by atoms with van der Waals surface area (Å²) in [5.74, 6) is 0. The van der Waals surface area contributed by atoms with Gasteiger partial charge in [0.1, 0.15) is 0 Å². The maximum Gasteiger partial charge on any atom is 0.418 e. The number of rotatable bonds is 7. The maximum absolute atomic E-state index is 12.8. The number of benzene rings is 1. The topological polar surface area (TPSA) is 12.0 Å². The third-order valence-corrected chi connectivity index (χ3v) is 3.12. The van der Waals surface area contributed by atoms with E-state index >= 15 is 0 Å². The van der Waals surface area contributed by atoms with E-state index in [1.54, 1.807) is 0 Å². The lowest BCUT2D eigenvalue weighted by Crippen LogP contribution is -2.11. The van der Waals surface area contributed by atoms with Crippen LogP contribution < -0.4 is 5.32 Å². The molecule has 0 bridgehead atoms. The van der Waals surface area contributed by atoms with Crippen molar-refractivity contribution in [3.8, 4) is 0 Å². The third kappa shape index (κ3) is 5.72. The summed E-state index contributed by atoms with van der Waals surface area (Å²) in [4.78, 5) is 0. The van der Waals surface area contributed by atoms with E-state index in [0.29, 0.717) is 6.54 Å². The number of unbranched alkanes of at least 4 members (excludes halogenated alkanes) is 4. The number of hydrogen-bond acceptors (Lipinski definition) is 1. The van der Waals surface area contributed by atoms with Crippen molar-refractivity contribution in [2.75, 3.05) is 11.9 Å². The van der Waals surface area contributed by atoms with Crippen LogP contribution in [-0.2, 0) is 6.18 Å². The summed E-state index contributed by atoms with van der Waals surface area (Å²) in [6.07, 6.45) is 0.994. The zero-order valence-corrected chi connectivity index (χ0v) is 11.7. The molecule has 19 heavy (non-hydrogen) atoms. The zero-order valence-electron chi connectivity index (χ0n) is 11.0. The van der Waals surface area contributed by atoms with Crippen molar-refractivity contribution in [3.05, 3.63) is 28.8 Å². The Labute approximate surface area is 117 Å². The molecule has 0 saturated heterocycles. The highest BCUT2D eigenvalue weighted by Gasteiger charge is 2.33. The van der Waals surface area contributed by atoms with E-state index in [2.05, 4.69) is 12.2 Å². The van der Waals surface area contributed by atoms with Gasteiger partial charge in [-0.25, -0.2) is 0 Å². The SMILES string of the molecule is CCCCCCCNc1ccc(Cl)cc1C(F)(F)F. The maximum atomic E-state index is 12.8. The fourth-order valence-electron chi connectivity index (χ4n) is 1.86. The largest absolute Gasteiger partial charge is 0.418 e. The second kappa shape index (κ2) is 7.63. The van der Waals surface area contributed by atoms with Crippen molar-refractivity contribution in [2.45, 2.75) is 45.2 Å². The zero-order chi connectivity index (χ0) is 14.3. The van der Waals surface area contributed by atoms with Crippen molar-refractivity contribution in [1.29, 1.82) is 0 Å². The standard InChI is InChI=1S/C14H19ClF3N/c1-2-3-4-5-6-9-19-13-8-7-11(15)10-12(13)14(16,17)18/h7-8,10,19H,2-6,9H2,1H3. The first kappa shape index (κ1) is 16.2. The molecule has 1 aromatic rings. The van der Waals surface area contributed by atoms with Crippen molar-refractivity contribution in [3.63, 3.8) is 0 Å². The van der Waals surface area contributed by atoms with Crippen molar-refractivity contribution in [1.82, 2.24) is 0 Å². The summed E-state index contributed by atoms with van der Waals surface area (Å²) in [5.41, 5.74) is -0.596. The number of nitrogens with one attached hydrogen (secondary N) is 1. The molecular weight excluding hydrogens is 275 g/mol. The Kier molecular flexibility index (Phi) is 6.49. The van der Waals surface area contributed by atoms with Gasteiger partial charge in [-0.3, -0.25) is 0 Å². The Balaban J connectivity index is 2.54. The molecule has 0 aliphatic carbocycles. The second-order valence-electron chi connectivity index (χ2n) is 4.53. The van der Waals surface area contributed by atoms with E-state index < -0.39 is 11.7 Å². The lowest BCUT2D eigenvalue weighted by atomic mass is 10.1. The van der Waals surface area contributed by atoms with Gasteiger partial charge in [-0.15, -0.1) is 0 Å². The molecule has 0 amide bonds. The van der Waals surface area contributed by atoms with Gasteiger partial charge < -0.3 is 5.32 Å². The average molecular weight is 294 g/mol. The summed E-state index contributed by atoms with van der Waals surface area (Å²) in [5, 5.41) is 2.94. The number of alkyl halides is 3. The fraction of sp³-hybridized carbons (Fsp3) is 0.571. The molecule has 1 rings (SSSR count). The highest BCUT2D eigenvalue weighted by Crippen LogP contribution is 2.36. The van der Waals surface area contributed by atoms with E-state index in [1.165, 1.54) is 18.6 Å². The quantitative estimate of drug-likeness (QED) is 0.632. The number of hydrogen-bond donors (Lipinski definition) is 1. The van der Waals surface area contributed by atoms with E-state index in [-0.39, 0.29) is 10.7 Å². The van der Waals surface area contributed by atoms with E-state index in [4.69, 9.17) is 11.6 Å². The van der Waals surface area contributed by atoms with Crippen LogP contribution >= 0.6 is 11.6 Å². The van der Waals surface area contributed by atoms with Gasteiger partial charge in [0.15, 0.2) is 0 Å². The second-order valence-corrected chi connectivity index (χ2v) is 4.97. The van der Waals surface area contributed by atoms with Crippen LogP contribution in [0.3, 0.4) is 0 Å². The first-order valence-corrected chi connectivity index (χ1v) is 6.93. The highest BCUT2D eigenvalue weighted by atomic mass is 35.5. The van der Waals surface area contributed by atoms with Crippen molar-refractivity contribution >= 4 is 17.3 Å². The molecule has 108 valence electrons. The molecule has 0 atom stereocenters. The van der Waals surface area contributed by atoms with E-state index in [0.717, 1.165) is 31.7 Å². The molecule has 1 aromatic carbocycles. The van der Waals surface area contributed by atoms with Crippen LogP contribution in [0.4, 0.5) is 18.9 Å². The van der Waals surface area contributed by atoms with Crippen LogP contribution in [0.2, 0.25) is 5.02 Å². The molecule has 0 heterocycles. The van der Waals surface area contributed by atoms with E-state index in [1.807, 2.05) is 0 Å². The van der Waals surface area contributed by atoms with Crippen LogP contribution in [0.25, 0.3) is 0 Å². The van der Waals surface area contributed by atoms with Gasteiger partial charge in [-0.1, -0.05) is 44.2 Å². The Morgan fingerprint density at radius 2 is 1.79 bits per heavy atom. The van der Waals surface area contributed by atoms with Gasteiger partial charge in [0.25, 0.3) is 0 Å². The summed E-state index contributed by atoms with van der Waals surface area (Å²) in [7, 11) is 0. The summed E-state index contributed by atoms with van der Waals surface area (Å²) in [6.45, 7) is 2.68. The lowest BCUT2D eigenvalue weighted by molar-refractivity contribution is -0.136. The van der Waals surface area contributed by atoms with Gasteiger partial charge in [0.2, 0.25) is 0 Å². The highest BCUT2D eigenvalue weighted by molar-refractivity contribution is 6.30. The minimum Gasteiger partial charge on any atom is -0.385 e. The molecule has 0 radical (unpaired) electrons. The molecule has 1 N–H and O–H groups in total. The minimum absolute atomic E-state index is 0.0980. The molecular formula is C14H19ClF3N. The van der Waals surface area contributed by atoms with Gasteiger partial charge in [0.05, 0.1) is 5.56 Å². The molecule has 0 aliphatic heterocycles. The Morgan fingerprint density at radius 1 is 1.11 bits per heavy atom. The van der Waals surface area contributed by atoms with Crippen LogP contribution in [0.1, 0.15) is 44.6 Å².